The number of anilines is 1. The number of nitrogens with one attached hydrogen (secondary N) is 1. The third-order valence-electron chi connectivity index (χ3n) is 4.92. The van der Waals surface area contributed by atoms with Gasteiger partial charge in [0.15, 0.2) is 0 Å². The molecule has 3 heteroatoms. The van der Waals surface area contributed by atoms with Crippen molar-refractivity contribution in [2.75, 3.05) is 18.0 Å². The van der Waals surface area contributed by atoms with E-state index < -0.39 is 0 Å². The van der Waals surface area contributed by atoms with E-state index in [1.165, 1.54) is 54.4 Å². The second kappa shape index (κ2) is 6.48. The lowest BCUT2D eigenvalue weighted by Gasteiger charge is -2.40. The SMILES string of the molecule is CCNCc1ccc(Br)cc1N1CCCC2CCCC21. The third-order valence-corrected chi connectivity index (χ3v) is 5.41. The molecule has 20 heavy (non-hydrogen) atoms. The lowest BCUT2D eigenvalue weighted by atomic mass is 9.91. The molecule has 1 saturated heterocycles. The van der Waals surface area contributed by atoms with Gasteiger partial charge < -0.3 is 10.2 Å². The molecule has 0 radical (unpaired) electrons. The molecule has 0 spiro atoms. The van der Waals surface area contributed by atoms with E-state index in [9.17, 15) is 0 Å². The average Bonchev–Trinajstić information content (AvgIpc) is 2.94. The molecule has 2 aliphatic rings. The standard InChI is InChI=1S/C17H25BrN2/c1-2-19-12-14-8-9-15(18)11-17(14)20-10-4-6-13-5-3-7-16(13)20/h8-9,11,13,16,19H,2-7,10,12H2,1H3. The van der Waals surface area contributed by atoms with E-state index >= 15 is 0 Å². The Morgan fingerprint density at radius 1 is 1.25 bits per heavy atom. The summed E-state index contributed by atoms with van der Waals surface area (Å²) < 4.78 is 1.20. The van der Waals surface area contributed by atoms with E-state index in [1.807, 2.05) is 0 Å². The monoisotopic (exact) mass is 336 g/mol. The zero-order valence-electron chi connectivity index (χ0n) is 12.4. The Morgan fingerprint density at radius 2 is 2.10 bits per heavy atom. The van der Waals surface area contributed by atoms with E-state index in [0.717, 1.165) is 25.0 Å². The van der Waals surface area contributed by atoms with Crippen LogP contribution in [0.2, 0.25) is 0 Å². The van der Waals surface area contributed by atoms with Crippen molar-refractivity contribution in [2.24, 2.45) is 5.92 Å². The van der Waals surface area contributed by atoms with Crippen molar-refractivity contribution in [3.8, 4) is 0 Å². The van der Waals surface area contributed by atoms with Crippen molar-refractivity contribution in [3.05, 3.63) is 28.2 Å². The molecule has 1 aromatic carbocycles. The number of piperidine rings is 1. The molecule has 1 heterocycles. The fourth-order valence-corrected chi connectivity index (χ4v) is 4.32. The highest BCUT2D eigenvalue weighted by Crippen LogP contribution is 2.40. The summed E-state index contributed by atoms with van der Waals surface area (Å²) in [7, 11) is 0. The Hall–Kier alpha value is -0.540. The van der Waals surface area contributed by atoms with Crippen LogP contribution in [0.3, 0.4) is 0 Å². The van der Waals surface area contributed by atoms with Gasteiger partial charge in [-0.15, -0.1) is 0 Å². The predicted molar refractivity (Wildman–Crippen MR) is 89.2 cm³/mol. The van der Waals surface area contributed by atoms with Crippen LogP contribution >= 0.6 is 15.9 Å². The minimum atomic E-state index is 0.790. The Labute approximate surface area is 131 Å². The summed E-state index contributed by atoms with van der Waals surface area (Å²) in [5, 5.41) is 3.48. The summed E-state index contributed by atoms with van der Waals surface area (Å²) in [6.45, 7) is 5.41. The fourth-order valence-electron chi connectivity index (χ4n) is 3.97. The van der Waals surface area contributed by atoms with Crippen molar-refractivity contribution in [1.82, 2.24) is 5.32 Å². The Balaban J connectivity index is 1.88. The second-order valence-electron chi connectivity index (χ2n) is 6.15. The highest BCUT2D eigenvalue weighted by Gasteiger charge is 2.35. The number of hydrogen-bond acceptors (Lipinski definition) is 2. The van der Waals surface area contributed by atoms with Crippen LogP contribution in [0.4, 0.5) is 5.69 Å². The first-order chi connectivity index (χ1) is 9.79. The van der Waals surface area contributed by atoms with Gasteiger partial charge in [0.05, 0.1) is 0 Å². The molecule has 3 rings (SSSR count). The molecule has 1 N–H and O–H groups in total. The molecular weight excluding hydrogens is 312 g/mol. The molecule has 1 saturated carbocycles. The maximum Gasteiger partial charge on any atom is 0.0425 e. The maximum atomic E-state index is 3.66. The van der Waals surface area contributed by atoms with Crippen LogP contribution in [0.1, 0.15) is 44.6 Å². The van der Waals surface area contributed by atoms with Crippen LogP contribution in [0.5, 0.6) is 0 Å². The van der Waals surface area contributed by atoms with Gasteiger partial charge >= 0.3 is 0 Å². The minimum absolute atomic E-state index is 0.790. The molecule has 1 aromatic rings. The smallest absolute Gasteiger partial charge is 0.0425 e. The summed E-state index contributed by atoms with van der Waals surface area (Å²) in [6.07, 6.45) is 7.05. The molecular formula is C17H25BrN2. The van der Waals surface area contributed by atoms with Crippen LogP contribution in [0.25, 0.3) is 0 Å². The largest absolute Gasteiger partial charge is 0.368 e. The summed E-state index contributed by atoms with van der Waals surface area (Å²) in [5.41, 5.74) is 2.90. The maximum absolute atomic E-state index is 3.66. The fraction of sp³-hybridized carbons (Fsp3) is 0.647. The number of fused-ring (bicyclic) bond motifs is 1. The normalized spacial score (nSPS) is 25.8. The molecule has 2 fully saturated rings. The van der Waals surface area contributed by atoms with Crippen LogP contribution in [0.15, 0.2) is 22.7 Å². The van der Waals surface area contributed by atoms with E-state index in [2.05, 4.69) is 51.3 Å². The Kier molecular flexibility index (Phi) is 4.67. The molecule has 0 aromatic heterocycles. The first kappa shape index (κ1) is 14.4. The Bertz CT molecular complexity index is 460. The van der Waals surface area contributed by atoms with Crippen molar-refractivity contribution in [2.45, 2.75) is 51.6 Å². The summed E-state index contributed by atoms with van der Waals surface area (Å²) in [4.78, 5) is 2.71. The van der Waals surface area contributed by atoms with Crippen molar-refractivity contribution >= 4 is 21.6 Å². The highest BCUT2D eigenvalue weighted by atomic mass is 79.9. The summed E-state index contributed by atoms with van der Waals surface area (Å²) in [6, 6.07) is 7.57. The molecule has 110 valence electrons. The number of nitrogens with zero attached hydrogens (tertiary/aromatic N) is 1. The topological polar surface area (TPSA) is 15.3 Å². The van der Waals surface area contributed by atoms with E-state index in [4.69, 9.17) is 0 Å². The number of rotatable bonds is 4. The lowest BCUT2D eigenvalue weighted by Crippen LogP contribution is -2.43. The van der Waals surface area contributed by atoms with Gasteiger partial charge in [-0.1, -0.05) is 35.3 Å². The van der Waals surface area contributed by atoms with Crippen LogP contribution < -0.4 is 10.2 Å². The molecule has 0 amide bonds. The molecule has 2 unspecified atom stereocenters. The molecule has 0 bridgehead atoms. The minimum Gasteiger partial charge on any atom is -0.368 e. The van der Waals surface area contributed by atoms with Gasteiger partial charge in [0.25, 0.3) is 0 Å². The zero-order chi connectivity index (χ0) is 13.9. The molecule has 2 nitrogen and oxygen atoms in total. The van der Waals surface area contributed by atoms with Crippen molar-refractivity contribution < 1.29 is 0 Å². The van der Waals surface area contributed by atoms with Gasteiger partial charge in [-0.25, -0.2) is 0 Å². The van der Waals surface area contributed by atoms with Gasteiger partial charge in [0.1, 0.15) is 0 Å². The third kappa shape index (κ3) is 2.89. The van der Waals surface area contributed by atoms with Crippen LogP contribution in [-0.2, 0) is 6.54 Å². The predicted octanol–water partition coefficient (Wildman–Crippen LogP) is 4.33. The van der Waals surface area contributed by atoms with Gasteiger partial charge in [0, 0.05) is 29.3 Å². The Morgan fingerprint density at radius 3 is 2.95 bits per heavy atom. The number of halogens is 1. The van der Waals surface area contributed by atoms with Gasteiger partial charge in [0.2, 0.25) is 0 Å². The van der Waals surface area contributed by atoms with E-state index in [0.29, 0.717) is 0 Å². The van der Waals surface area contributed by atoms with E-state index in [1.54, 1.807) is 0 Å². The van der Waals surface area contributed by atoms with Gasteiger partial charge in [-0.2, -0.15) is 0 Å². The van der Waals surface area contributed by atoms with Crippen molar-refractivity contribution in [1.29, 1.82) is 0 Å². The second-order valence-corrected chi connectivity index (χ2v) is 7.06. The number of benzene rings is 1. The highest BCUT2D eigenvalue weighted by molar-refractivity contribution is 9.10. The summed E-state index contributed by atoms with van der Waals surface area (Å²) >= 11 is 3.66. The molecule has 2 atom stereocenters. The quantitative estimate of drug-likeness (QED) is 0.880. The average molecular weight is 337 g/mol. The first-order valence-corrected chi connectivity index (χ1v) is 8.84. The molecule has 1 aliphatic heterocycles. The van der Waals surface area contributed by atoms with Gasteiger partial charge in [-0.05, 0) is 55.8 Å². The zero-order valence-corrected chi connectivity index (χ0v) is 14.0. The van der Waals surface area contributed by atoms with Gasteiger partial charge in [-0.3, -0.25) is 0 Å². The number of hydrogen-bond donors (Lipinski definition) is 1. The molecule has 1 aliphatic carbocycles. The first-order valence-electron chi connectivity index (χ1n) is 8.05. The van der Waals surface area contributed by atoms with Crippen molar-refractivity contribution in [3.63, 3.8) is 0 Å². The lowest BCUT2D eigenvalue weighted by molar-refractivity contribution is 0.362. The summed E-state index contributed by atoms with van der Waals surface area (Å²) in [5.74, 6) is 0.940. The van der Waals surface area contributed by atoms with E-state index in [-0.39, 0.29) is 0 Å². The van der Waals surface area contributed by atoms with Crippen LogP contribution in [-0.4, -0.2) is 19.1 Å². The van der Waals surface area contributed by atoms with Crippen LogP contribution in [0, 0.1) is 5.92 Å².